The summed E-state index contributed by atoms with van der Waals surface area (Å²) in [5.41, 5.74) is 0.282. The van der Waals surface area contributed by atoms with E-state index in [-0.39, 0.29) is 5.66 Å². The minimum absolute atomic E-state index is 0.282. The van der Waals surface area contributed by atoms with Crippen molar-refractivity contribution in [2.24, 2.45) is 0 Å². The lowest BCUT2D eigenvalue weighted by Gasteiger charge is -2.19. The molecule has 1 heterocycles. The van der Waals surface area contributed by atoms with Gasteiger partial charge < -0.3 is 4.57 Å². The lowest BCUT2D eigenvalue weighted by molar-refractivity contribution is 0.580. The van der Waals surface area contributed by atoms with Crippen molar-refractivity contribution in [3.05, 3.63) is 41.7 Å². The van der Waals surface area contributed by atoms with Gasteiger partial charge in [-0.1, -0.05) is 43.3 Å². The summed E-state index contributed by atoms with van der Waals surface area (Å²) in [5.74, 6) is 0. The Labute approximate surface area is 85.2 Å². The SMILES string of the molecule is CC1=CC[C@H](C)[P@]1(=O)c1ccccc1. The molecule has 0 aromatic heterocycles. The molecule has 14 heavy (non-hydrogen) atoms. The van der Waals surface area contributed by atoms with Crippen molar-refractivity contribution in [3.63, 3.8) is 0 Å². The molecule has 0 radical (unpaired) electrons. The summed E-state index contributed by atoms with van der Waals surface area (Å²) in [7, 11) is -2.24. The zero-order valence-corrected chi connectivity index (χ0v) is 9.50. The monoisotopic (exact) mass is 206 g/mol. The topological polar surface area (TPSA) is 17.1 Å². The van der Waals surface area contributed by atoms with Crippen LogP contribution in [-0.4, -0.2) is 5.66 Å². The molecule has 0 fully saturated rings. The summed E-state index contributed by atoms with van der Waals surface area (Å²) in [6.45, 7) is 4.08. The minimum atomic E-state index is -2.24. The molecule has 0 saturated heterocycles. The molecule has 1 aromatic carbocycles. The maximum absolute atomic E-state index is 12.8. The highest BCUT2D eigenvalue weighted by Gasteiger charge is 2.36. The van der Waals surface area contributed by atoms with E-state index in [0.29, 0.717) is 0 Å². The molecule has 0 unspecified atom stereocenters. The zero-order chi connectivity index (χ0) is 10.2. The van der Waals surface area contributed by atoms with Crippen LogP contribution in [0.25, 0.3) is 0 Å². The Hall–Kier alpha value is -0.810. The van der Waals surface area contributed by atoms with Crippen LogP contribution in [0.3, 0.4) is 0 Å². The van der Waals surface area contributed by atoms with Crippen LogP contribution in [0.15, 0.2) is 41.7 Å². The molecule has 0 aliphatic carbocycles. The van der Waals surface area contributed by atoms with Gasteiger partial charge in [0, 0.05) is 11.0 Å². The minimum Gasteiger partial charge on any atom is -0.314 e. The summed E-state index contributed by atoms with van der Waals surface area (Å²) in [4.78, 5) is 0. The maximum Gasteiger partial charge on any atom is 0.141 e. The fraction of sp³-hybridized carbons (Fsp3) is 0.333. The van der Waals surface area contributed by atoms with Gasteiger partial charge in [0.2, 0.25) is 0 Å². The van der Waals surface area contributed by atoms with Crippen LogP contribution in [0, 0.1) is 0 Å². The summed E-state index contributed by atoms with van der Waals surface area (Å²) < 4.78 is 12.8. The Morgan fingerprint density at radius 2 is 1.93 bits per heavy atom. The first kappa shape index (κ1) is 9.73. The van der Waals surface area contributed by atoms with Gasteiger partial charge in [-0.05, 0) is 18.7 Å². The second-order valence-electron chi connectivity index (χ2n) is 3.92. The van der Waals surface area contributed by atoms with Crippen LogP contribution < -0.4 is 5.30 Å². The van der Waals surface area contributed by atoms with Crippen molar-refractivity contribution in [2.75, 3.05) is 0 Å². The predicted octanol–water partition coefficient (Wildman–Crippen LogP) is 3.37. The number of rotatable bonds is 1. The lowest BCUT2D eigenvalue weighted by atomic mass is 10.3. The zero-order valence-electron chi connectivity index (χ0n) is 8.60. The van der Waals surface area contributed by atoms with Crippen LogP contribution in [-0.2, 0) is 4.57 Å². The van der Waals surface area contributed by atoms with Gasteiger partial charge in [0.05, 0.1) is 0 Å². The van der Waals surface area contributed by atoms with Gasteiger partial charge in [0.25, 0.3) is 0 Å². The first-order chi connectivity index (χ1) is 6.65. The van der Waals surface area contributed by atoms with Crippen LogP contribution in [0.4, 0.5) is 0 Å². The van der Waals surface area contributed by atoms with Crippen LogP contribution >= 0.6 is 7.14 Å². The average Bonchev–Trinajstić information content (AvgIpc) is 2.49. The van der Waals surface area contributed by atoms with Gasteiger partial charge in [-0.25, -0.2) is 0 Å². The van der Waals surface area contributed by atoms with Crippen molar-refractivity contribution < 1.29 is 4.57 Å². The molecular weight excluding hydrogens is 191 g/mol. The van der Waals surface area contributed by atoms with E-state index >= 15 is 0 Å². The van der Waals surface area contributed by atoms with Crippen molar-refractivity contribution >= 4 is 12.4 Å². The van der Waals surface area contributed by atoms with Crippen molar-refractivity contribution in [2.45, 2.75) is 25.9 Å². The standard InChI is InChI=1S/C12H15OP/c1-10-8-9-11(2)14(10,13)12-6-4-3-5-7-12/h3-8,11H,9H2,1-2H3/t11-,14-/m0/s1. The van der Waals surface area contributed by atoms with E-state index < -0.39 is 7.14 Å². The van der Waals surface area contributed by atoms with Crippen LogP contribution in [0.2, 0.25) is 0 Å². The lowest BCUT2D eigenvalue weighted by Crippen LogP contribution is -2.11. The Bertz CT molecular complexity index is 406. The first-order valence-corrected chi connectivity index (χ1v) is 6.76. The molecule has 0 saturated carbocycles. The van der Waals surface area contributed by atoms with E-state index in [0.717, 1.165) is 17.0 Å². The largest absolute Gasteiger partial charge is 0.314 e. The van der Waals surface area contributed by atoms with Crippen LogP contribution in [0.1, 0.15) is 20.3 Å². The number of hydrogen-bond donors (Lipinski definition) is 0. The molecule has 1 aromatic rings. The Morgan fingerprint density at radius 3 is 2.43 bits per heavy atom. The van der Waals surface area contributed by atoms with E-state index in [1.165, 1.54) is 0 Å². The number of hydrogen-bond acceptors (Lipinski definition) is 1. The van der Waals surface area contributed by atoms with E-state index in [1.807, 2.05) is 37.3 Å². The average molecular weight is 206 g/mol. The van der Waals surface area contributed by atoms with Crippen LogP contribution in [0.5, 0.6) is 0 Å². The Morgan fingerprint density at radius 1 is 1.29 bits per heavy atom. The smallest absolute Gasteiger partial charge is 0.141 e. The van der Waals surface area contributed by atoms with Crippen molar-refractivity contribution in [3.8, 4) is 0 Å². The maximum atomic E-state index is 12.8. The molecule has 1 nitrogen and oxygen atoms in total. The molecular formula is C12H15OP. The third-order valence-electron chi connectivity index (χ3n) is 3.04. The quantitative estimate of drug-likeness (QED) is 0.644. The van der Waals surface area contributed by atoms with Gasteiger partial charge in [-0.2, -0.15) is 0 Å². The molecule has 2 atom stereocenters. The van der Waals surface area contributed by atoms with E-state index in [2.05, 4.69) is 13.0 Å². The molecule has 74 valence electrons. The molecule has 2 heteroatoms. The van der Waals surface area contributed by atoms with Gasteiger partial charge >= 0.3 is 0 Å². The molecule has 0 spiro atoms. The van der Waals surface area contributed by atoms with E-state index in [4.69, 9.17) is 0 Å². The summed E-state index contributed by atoms with van der Waals surface area (Å²) >= 11 is 0. The van der Waals surface area contributed by atoms with Gasteiger partial charge in [0.1, 0.15) is 7.14 Å². The van der Waals surface area contributed by atoms with Gasteiger partial charge in [-0.15, -0.1) is 0 Å². The number of allylic oxidation sites excluding steroid dienone is 2. The Kier molecular flexibility index (Phi) is 2.36. The first-order valence-electron chi connectivity index (χ1n) is 4.98. The number of benzene rings is 1. The normalized spacial score (nSPS) is 31.6. The highest BCUT2D eigenvalue weighted by molar-refractivity contribution is 7.76. The predicted molar refractivity (Wildman–Crippen MR) is 61.5 cm³/mol. The van der Waals surface area contributed by atoms with Gasteiger partial charge in [-0.3, -0.25) is 0 Å². The highest BCUT2D eigenvalue weighted by Crippen LogP contribution is 2.61. The third kappa shape index (κ3) is 1.27. The van der Waals surface area contributed by atoms with Crippen molar-refractivity contribution in [1.29, 1.82) is 0 Å². The summed E-state index contributed by atoms with van der Waals surface area (Å²) in [6, 6.07) is 9.87. The molecule has 0 bridgehead atoms. The fourth-order valence-electron chi connectivity index (χ4n) is 2.08. The van der Waals surface area contributed by atoms with E-state index in [9.17, 15) is 4.57 Å². The fourth-order valence-corrected chi connectivity index (χ4v) is 5.09. The molecule has 2 rings (SSSR count). The second kappa shape index (κ2) is 3.40. The van der Waals surface area contributed by atoms with Gasteiger partial charge in [0.15, 0.2) is 0 Å². The second-order valence-corrected chi connectivity index (χ2v) is 7.34. The molecule has 0 amide bonds. The highest BCUT2D eigenvalue weighted by atomic mass is 31.2. The van der Waals surface area contributed by atoms with Crippen molar-refractivity contribution in [1.82, 2.24) is 0 Å². The summed E-state index contributed by atoms with van der Waals surface area (Å²) in [6.07, 6.45) is 3.08. The third-order valence-corrected chi connectivity index (χ3v) is 6.79. The molecule has 0 N–H and O–H groups in total. The summed E-state index contributed by atoms with van der Waals surface area (Å²) in [5, 5.41) is 2.09. The van der Waals surface area contributed by atoms with E-state index in [1.54, 1.807) is 0 Å². The Balaban J connectivity index is 2.53. The molecule has 1 aliphatic rings. The molecule has 1 aliphatic heterocycles.